The van der Waals surface area contributed by atoms with Gasteiger partial charge in [0.1, 0.15) is 5.69 Å². The van der Waals surface area contributed by atoms with Gasteiger partial charge in [-0.25, -0.2) is 0 Å². The van der Waals surface area contributed by atoms with Gasteiger partial charge in [-0.1, -0.05) is 0 Å². The molecule has 3 nitrogen and oxygen atoms in total. The van der Waals surface area contributed by atoms with Crippen LogP contribution in [0.1, 0.15) is 28.2 Å². The lowest BCUT2D eigenvalue weighted by Crippen LogP contribution is -1.85. The molecule has 1 aromatic rings. The van der Waals surface area contributed by atoms with Crippen LogP contribution in [0, 0.1) is 0 Å². The SMILES string of the molecule is O=Cc1n[nH]c2c1CCC2. The number of carbonyl (C=O) groups excluding carboxylic acids is 1. The third-order valence-electron chi connectivity index (χ3n) is 1.95. The van der Waals surface area contributed by atoms with Crippen LogP contribution in [0.2, 0.25) is 0 Å². The largest absolute Gasteiger partial charge is 0.296 e. The molecule has 2 rings (SSSR count). The molecular weight excluding hydrogens is 128 g/mol. The zero-order valence-corrected chi connectivity index (χ0v) is 5.55. The van der Waals surface area contributed by atoms with Gasteiger partial charge < -0.3 is 0 Å². The summed E-state index contributed by atoms with van der Waals surface area (Å²) in [6.45, 7) is 0. The van der Waals surface area contributed by atoms with E-state index in [9.17, 15) is 4.79 Å². The van der Waals surface area contributed by atoms with Gasteiger partial charge in [-0.3, -0.25) is 9.89 Å². The van der Waals surface area contributed by atoms with Crippen molar-refractivity contribution in [2.45, 2.75) is 19.3 Å². The van der Waals surface area contributed by atoms with Crippen LogP contribution < -0.4 is 0 Å². The second-order valence-corrected chi connectivity index (χ2v) is 2.54. The fourth-order valence-electron chi connectivity index (χ4n) is 1.44. The summed E-state index contributed by atoms with van der Waals surface area (Å²) < 4.78 is 0. The molecule has 10 heavy (non-hydrogen) atoms. The van der Waals surface area contributed by atoms with Crippen LogP contribution in [0.3, 0.4) is 0 Å². The quantitative estimate of drug-likeness (QED) is 0.578. The van der Waals surface area contributed by atoms with Gasteiger partial charge in [0.05, 0.1) is 0 Å². The van der Waals surface area contributed by atoms with Crippen molar-refractivity contribution in [2.24, 2.45) is 0 Å². The minimum Gasteiger partial charge on any atom is -0.296 e. The summed E-state index contributed by atoms with van der Waals surface area (Å²) in [6, 6.07) is 0. The first-order chi connectivity index (χ1) is 4.92. The summed E-state index contributed by atoms with van der Waals surface area (Å²) in [5.41, 5.74) is 2.89. The zero-order valence-electron chi connectivity index (χ0n) is 5.55. The lowest BCUT2D eigenvalue weighted by molar-refractivity contribution is 0.111. The molecule has 1 aliphatic rings. The van der Waals surface area contributed by atoms with Crippen molar-refractivity contribution in [1.29, 1.82) is 0 Å². The number of hydrogen-bond acceptors (Lipinski definition) is 2. The summed E-state index contributed by atoms with van der Waals surface area (Å²) >= 11 is 0. The zero-order chi connectivity index (χ0) is 6.97. The lowest BCUT2D eigenvalue weighted by Gasteiger charge is -1.84. The maximum absolute atomic E-state index is 10.3. The number of H-pyrrole nitrogens is 1. The standard InChI is InChI=1S/C7H8N2O/c10-4-7-5-2-1-3-6(5)8-9-7/h4H,1-3H2,(H,8,9). The van der Waals surface area contributed by atoms with E-state index < -0.39 is 0 Å². The second-order valence-electron chi connectivity index (χ2n) is 2.54. The number of rotatable bonds is 1. The van der Waals surface area contributed by atoms with Crippen LogP contribution in [0.15, 0.2) is 0 Å². The maximum Gasteiger partial charge on any atom is 0.170 e. The average Bonchev–Trinajstić information content (AvgIpc) is 2.44. The van der Waals surface area contributed by atoms with Gasteiger partial charge in [0.2, 0.25) is 0 Å². The highest BCUT2D eigenvalue weighted by Gasteiger charge is 2.16. The Morgan fingerprint density at radius 3 is 3.20 bits per heavy atom. The van der Waals surface area contributed by atoms with E-state index >= 15 is 0 Å². The maximum atomic E-state index is 10.3. The summed E-state index contributed by atoms with van der Waals surface area (Å²) in [5, 5.41) is 6.72. The van der Waals surface area contributed by atoms with E-state index in [-0.39, 0.29) is 0 Å². The highest BCUT2D eigenvalue weighted by Crippen LogP contribution is 2.21. The van der Waals surface area contributed by atoms with E-state index in [0.717, 1.165) is 36.8 Å². The number of nitrogens with one attached hydrogen (secondary N) is 1. The predicted octanol–water partition coefficient (Wildman–Crippen LogP) is 0.711. The molecule has 1 aliphatic carbocycles. The number of hydrogen-bond donors (Lipinski definition) is 1. The van der Waals surface area contributed by atoms with Crippen molar-refractivity contribution >= 4 is 6.29 Å². The number of aryl methyl sites for hydroxylation is 1. The van der Waals surface area contributed by atoms with Crippen LogP contribution in [-0.4, -0.2) is 16.5 Å². The van der Waals surface area contributed by atoms with E-state index in [4.69, 9.17) is 0 Å². The molecule has 0 fully saturated rings. The van der Waals surface area contributed by atoms with E-state index in [1.165, 1.54) is 0 Å². The third kappa shape index (κ3) is 0.602. The Kier molecular flexibility index (Phi) is 1.09. The first kappa shape index (κ1) is 5.65. The fourth-order valence-corrected chi connectivity index (χ4v) is 1.44. The minimum atomic E-state index is 0.604. The highest BCUT2D eigenvalue weighted by atomic mass is 16.1. The van der Waals surface area contributed by atoms with Gasteiger partial charge in [-0.2, -0.15) is 5.10 Å². The fraction of sp³-hybridized carbons (Fsp3) is 0.429. The molecule has 0 amide bonds. The normalized spacial score (nSPS) is 15.2. The number of fused-ring (bicyclic) bond motifs is 1. The molecule has 0 aliphatic heterocycles. The number of aromatic nitrogens is 2. The van der Waals surface area contributed by atoms with E-state index in [1.54, 1.807) is 0 Å². The highest BCUT2D eigenvalue weighted by molar-refractivity contribution is 5.74. The number of carbonyl (C=O) groups is 1. The van der Waals surface area contributed by atoms with Crippen molar-refractivity contribution in [1.82, 2.24) is 10.2 Å². The third-order valence-corrected chi connectivity index (χ3v) is 1.95. The second kappa shape index (κ2) is 1.94. The summed E-state index contributed by atoms with van der Waals surface area (Å²) in [5.74, 6) is 0. The van der Waals surface area contributed by atoms with Crippen LogP contribution in [0.4, 0.5) is 0 Å². The van der Waals surface area contributed by atoms with Gasteiger partial charge in [-0.15, -0.1) is 0 Å². The molecule has 0 saturated heterocycles. The first-order valence-electron chi connectivity index (χ1n) is 3.43. The Bertz CT molecular complexity index is 265. The monoisotopic (exact) mass is 136 g/mol. The molecule has 1 N–H and O–H groups in total. The molecule has 52 valence electrons. The molecule has 0 unspecified atom stereocenters. The van der Waals surface area contributed by atoms with Crippen LogP contribution >= 0.6 is 0 Å². The van der Waals surface area contributed by atoms with Crippen molar-refractivity contribution in [3.8, 4) is 0 Å². The molecule has 1 heterocycles. The van der Waals surface area contributed by atoms with Gasteiger partial charge >= 0.3 is 0 Å². The smallest absolute Gasteiger partial charge is 0.170 e. The van der Waals surface area contributed by atoms with Crippen molar-refractivity contribution < 1.29 is 4.79 Å². The molecule has 0 saturated carbocycles. The van der Waals surface area contributed by atoms with Crippen molar-refractivity contribution in [3.63, 3.8) is 0 Å². The average molecular weight is 136 g/mol. The van der Waals surface area contributed by atoms with Gasteiger partial charge in [0.25, 0.3) is 0 Å². The Balaban J connectivity index is 2.53. The van der Waals surface area contributed by atoms with Gasteiger partial charge in [-0.05, 0) is 19.3 Å². The van der Waals surface area contributed by atoms with Gasteiger partial charge in [0.15, 0.2) is 6.29 Å². The van der Waals surface area contributed by atoms with Gasteiger partial charge in [0, 0.05) is 11.3 Å². The predicted molar refractivity (Wildman–Crippen MR) is 36.0 cm³/mol. The molecule has 0 atom stereocenters. The van der Waals surface area contributed by atoms with E-state index in [2.05, 4.69) is 10.2 Å². The Morgan fingerprint density at radius 2 is 2.40 bits per heavy atom. The Hall–Kier alpha value is -1.12. The molecular formula is C7H8N2O. The molecule has 3 heteroatoms. The summed E-state index contributed by atoms with van der Waals surface area (Å²) in [4.78, 5) is 10.3. The van der Waals surface area contributed by atoms with Crippen molar-refractivity contribution in [3.05, 3.63) is 17.0 Å². The van der Waals surface area contributed by atoms with E-state index in [1.807, 2.05) is 0 Å². The Labute approximate surface area is 58.4 Å². The summed E-state index contributed by atoms with van der Waals surface area (Å²) in [6.07, 6.45) is 4.04. The lowest BCUT2D eigenvalue weighted by atomic mass is 10.2. The number of aldehydes is 1. The molecule has 1 aromatic heterocycles. The molecule has 0 aromatic carbocycles. The summed E-state index contributed by atoms with van der Waals surface area (Å²) in [7, 11) is 0. The Morgan fingerprint density at radius 1 is 1.50 bits per heavy atom. The van der Waals surface area contributed by atoms with Crippen molar-refractivity contribution in [2.75, 3.05) is 0 Å². The molecule has 0 radical (unpaired) electrons. The molecule has 0 bridgehead atoms. The van der Waals surface area contributed by atoms with Crippen LogP contribution in [0.25, 0.3) is 0 Å². The van der Waals surface area contributed by atoms with Crippen LogP contribution in [-0.2, 0) is 12.8 Å². The number of aromatic amines is 1. The topological polar surface area (TPSA) is 45.8 Å². The minimum absolute atomic E-state index is 0.604. The van der Waals surface area contributed by atoms with E-state index in [0.29, 0.717) is 5.69 Å². The molecule has 0 spiro atoms. The van der Waals surface area contributed by atoms with Crippen LogP contribution in [0.5, 0.6) is 0 Å². The first-order valence-corrected chi connectivity index (χ1v) is 3.43. The number of nitrogens with zero attached hydrogens (tertiary/aromatic N) is 1.